The lowest BCUT2D eigenvalue weighted by Crippen LogP contribution is -2.24. The normalized spacial score (nSPS) is 20.5. The number of nitrogens with zero attached hydrogens (tertiary/aromatic N) is 3. The Labute approximate surface area is 161 Å². The van der Waals surface area contributed by atoms with Crippen LogP contribution in [-0.4, -0.2) is 56.4 Å². The van der Waals surface area contributed by atoms with Crippen LogP contribution in [0.15, 0.2) is 41.7 Å². The molecule has 2 atom stereocenters. The summed E-state index contributed by atoms with van der Waals surface area (Å²) in [5, 5.41) is 10.4. The maximum atomic E-state index is 13.0. The third kappa shape index (κ3) is 4.07. The van der Waals surface area contributed by atoms with Crippen LogP contribution in [-0.2, 0) is 6.42 Å². The topological polar surface area (TPSA) is 91.1 Å². The van der Waals surface area contributed by atoms with Crippen LogP contribution in [0, 0.1) is 11.7 Å². The molecule has 0 unspecified atom stereocenters. The lowest BCUT2D eigenvalue weighted by atomic mass is 10.1. The molecule has 3 aromatic rings. The molecule has 0 spiro atoms. The maximum Gasteiger partial charge on any atom is 0.151 e. The van der Waals surface area contributed by atoms with Crippen molar-refractivity contribution < 1.29 is 9.50 Å². The molecule has 4 N–H and O–H groups in total. The number of β-amino-alcohol motifs (C(OH)–C–C–N with tert-alkyl or cyclic N) is 1. The summed E-state index contributed by atoms with van der Waals surface area (Å²) in [4.78, 5) is 14.8. The molecule has 2 aromatic heterocycles. The summed E-state index contributed by atoms with van der Waals surface area (Å²) in [6.45, 7) is 2.38. The zero-order chi connectivity index (χ0) is 18.8. The van der Waals surface area contributed by atoms with Crippen LogP contribution in [0.4, 0.5) is 10.2 Å². The minimum Gasteiger partial charge on any atom is -0.391 e. The Morgan fingerprint density at radius 1 is 1.26 bits per heavy atom. The van der Waals surface area contributed by atoms with Gasteiger partial charge >= 0.3 is 0 Å². The first-order chi connectivity index (χ1) is 13.1. The number of hydrogen-bond acceptors (Lipinski definition) is 6. The van der Waals surface area contributed by atoms with E-state index in [-0.39, 0.29) is 17.8 Å². The number of nitrogens with two attached hydrogens (primary N) is 1. The van der Waals surface area contributed by atoms with Crippen molar-refractivity contribution in [2.75, 3.05) is 31.1 Å². The molecular weight excluding hydrogens is 365 g/mol. The van der Waals surface area contributed by atoms with E-state index in [0.717, 1.165) is 46.8 Å². The third-order valence-corrected chi connectivity index (χ3v) is 6.23. The van der Waals surface area contributed by atoms with E-state index in [0.29, 0.717) is 12.4 Å². The van der Waals surface area contributed by atoms with Gasteiger partial charge in [0.1, 0.15) is 17.7 Å². The van der Waals surface area contributed by atoms with E-state index in [1.165, 1.54) is 18.5 Å². The summed E-state index contributed by atoms with van der Waals surface area (Å²) in [6, 6.07) is 6.50. The molecular formula is C19H22FN5OS. The molecule has 1 aliphatic rings. The minimum absolute atomic E-state index is 0.209. The van der Waals surface area contributed by atoms with Crippen molar-refractivity contribution in [1.82, 2.24) is 19.9 Å². The number of rotatable bonds is 6. The number of nitrogens with one attached hydrogen (secondary N) is 1. The van der Waals surface area contributed by atoms with E-state index in [4.69, 9.17) is 5.73 Å². The molecule has 1 aliphatic heterocycles. The number of aromatic nitrogens is 3. The Balaban J connectivity index is 1.31. The van der Waals surface area contributed by atoms with Gasteiger partial charge in [0.25, 0.3) is 0 Å². The Kier molecular flexibility index (Phi) is 5.29. The Bertz CT molecular complexity index is 916. The van der Waals surface area contributed by atoms with Gasteiger partial charge in [-0.2, -0.15) is 0 Å². The minimum atomic E-state index is -0.334. The van der Waals surface area contributed by atoms with Gasteiger partial charge in [0.2, 0.25) is 0 Å². The molecule has 27 heavy (non-hydrogen) atoms. The molecule has 1 saturated heterocycles. The fraction of sp³-hybridized carbons (Fsp3) is 0.368. The van der Waals surface area contributed by atoms with Crippen LogP contribution in [0.3, 0.4) is 0 Å². The van der Waals surface area contributed by atoms with Crippen molar-refractivity contribution in [2.24, 2.45) is 5.92 Å². The van der Waals surface area contributed by atoms with E-state index in [9.17, 15) is 9.50 Å². The molecule has 6 nitrogen and oxygen atoms in total. The van der Waals surface area contributed by atoms with Crippen LogP contribution < -0.4 is 5.73 Å². The van der Waals surface area contributed by atoms with Crippen LogP contribution in [0.25, 0.3) is 11.0 Å². The largest absolute Gasteiger partial charge is 0.391 e. The van der Waals surface area contributed by atoms with Crippen molar-refractivity contribution >= 4 is 28.6 Å². The van der Waals surface area contributed by atoms with Gasteiger partial charge in [0, 0.05) is 42.4 Å². The summed E-state index contributed by atoms with van der Waals surface area (Å²) in [6.07, 6.45) is 3.92. The number of anilines is 1. The van der Waals surface area contributed by atoms with Crippen LogP contribution in [0.5, 0.6) is 0 Å². The highest BCUT2D eigenvalue weighted by atomic mass is 32.2. The molecule has 0 aliphatic carbocycles. The van der Waals surface area contributed by atoms with Crippen molar-refractivity contribution in [3.05, 3.63) is 48.2 Å². The Morgan fingerprint density at radius 3 is 2.89 bits per heavy atom. The number of halogens is 1. The van der Waals surface area contributed by atoms with E-state index in [1.54, 1.807) is 23.9 Å². The number of aliphatic hydroxyl groups excluding tert-OH is 1. The molecule has 1 aromatic carbocycles. The number of thioether (sulfide) groups is 1. The molecule has 142 valence electrons. The number of H-pyrrole nitrogens is 1. The molecule has 8 heteroatoms. The lowest BCUT2D eigenvalue weighted by molar-refractivity contribution is 0.150. The summed E-state index contributed by atoms with van der Waals surface area (Å²) < 4.78 is 13.0. The second-order valence-corrected chi connectivity index (χ2v) is 7.99. The van der Waals surface area contributed by atoms with Crippen LogP contribution in [0.2, 0.25) is 0 Å². The lowest BCUT2D eigenvalue weighted by Gasteiger charge is -2.15. The molecule has 0 amide bonds. The number of aromatic amines is 1. The standard InChI is InChI=1S/C19H22FN5OS/c20-14-1-3-15(4-2-14)27-10-13-8-25(9-16(13)26)6-5-12-7-22-18-17(12)23-11-24-19(18)21/h1-4,7,11,13,16,22,26H,5-6,8-10H2,(H2,21,23,24)/t13-,16+/m1/s1. The number of nitrogen functional groups attached to an aromatic ring is 1. The number of likely N-dealkylation sites (tertiary alicyclic amines) is 1. The van der Waals surface area contributed by atoms with Crippen LogP contribution in [0.1, 0.15) is 5.56 Å². The van der Waals surface area contributed by atoms with Gasteiger partial charge in [-0.3, -0.25) is 0 Å². The SMILES string of the molecule is Nc1ncnc2c(CCN3C[C@H](CSc4ccc(F)cc4)[C@@H](O)C3)c[nH]c12. The van der Waals surface area contributed by atoms with Gasteiger partial charge in [0.15, 0.2) is 5.82 Å². The van der Waals surface area contributed by atoms with E-state index in [2.05, 4.69) is 19.9 Å². The van der Waals surface area contributed by atoms with Gasteiger partial charge in [-0.25, -0.2) is 14.4 Å². The average molecular weight is 387 g/mol. The second kappa shape index (κ2) is 7.84. The number of fused-ring (bicyclic) bond motifs is 1. The molecule has 0 radical (unpaired) electrons. The smallest absolute Gasteiger partial charge is 0.151 e. The fourth-order valence-electron chi connectivity index (χ4n) is 3.50. The highest BCUT2D eigenvalue weighted by Crippen LogP contribution is 2.27. The Hall–Kier alpha value is -2.16. The molecule has 4 rings (SSSR count). The second-order valence-electron chi connectivity index (χ2n) is 6.90. The third-order valence-electron chi connectivity index (χ3n) is 5.03. The first-order valence-corrected chi connectivity index (χ1v) is 9.94. The highest BCUT2D eigenvalue weighted by molar-refractivity contribution is 7.99. The van der Waals surface area contributed by atoms with E-state index < -0.39 is 0 Å². The van der Waals surface area contributed by atoms with Crippen molar-refractivity contribution in [3.8, 4) is 0 Å². The zero-order valence-electron chi connectivity index (χ0n) is 14.8. The summed E-state index contributed by atoms with van der Waals surface area (Å²) >= 11 is 1.66. The number of hydrogen-bond donors (Lipinski definition) is 3. The molecule has 0 saturated carbocycles. The summed E-state index contributed by atoms with van der Waals surface area (Å²) in [5.41, 5.74) is 8.62. The first kappa shape index (κ1) is 18.2. The van der Waals surface area contributed by atoms with E-state index in [1.807, 2.05) is 6.20 Å². The van der Waals surface area contributed by atoms with Gasteiger partial charge in [0.05, 0.1) is 11.6 Å². The molecule has 1 fully saturated rings. The van der Waals surface area contributed by atoms with Crippen LogP contribution >= 0.6 is 11.8 Å². The van der Waals surface area contributed by atoms with Crippen molar-refractivity contribution in [2.45, 2.75) is 17.4 Å². The zero-order valence-corrected chi connectivity index (χ0v) is 15.6. The van der Waals surface area contributed by atoms with Gasteiger partial charge < -0.3 is 20.7 Å². The maximum absolute atomic E-state index is 13.0. The fourth-order valence-corrected chi connectivity index (χ4v) is 4.57. The van der Waals surface area contributed by atoms with Crippen molar-refractivity contribution in [3.63, 3.8) is 0 Å². The molecule has 0 bridgehead atoms. The van der Waals surface area contributed by atoms with Gasteiger partial charge in [-0.1, -0.05) is 0 Å². The quantitative estimate of drug-likeness (QED) is 0.562. The monoisotopic (exact) mass is 387 g/mol. The average Bonchev–Trinajstić information content (AvgIpc) is 3.24. The van der Waals surface area contributed by atoms with Gasteiger partial charge in [-0.15, -0.1) is 11.8 Å². The van der Waals surface area contributed by atoms with Gasteiger partial charge in [-0.05, 0) is 36.2 Å². The van der Waals surface area contributed by atoms with E-state index >= 15 is 0 Å². The Morgan fingerprint density at radius 2 is 2.07 bits per heavy atom. The molecule has 3 heterocycles. The predicted molar refractivity (Wildman–Crippen MR) is 105 cm³/mol. The first-order valence-electron chi connectivity index (χ1n) is 8.95. The summed E-state index contributed by atoms with van der Waals surface area (Å²) in [7, 11) is 0. The van der Waals surface area contributed by atoms with Crippen molar-refractivity contribution in [1.29, 1.82) is 0 Å². The number of benzene rings is 1. The highest BCUT2D eigenvalue weighted by Gasteiger charge is 2.31. The predicted octanol–water partition coefficient (Wildman–Crippen LogP) is 2.31. The number of aliphatic hydroxyl groups is 1. The summed E-state index contributed by atoms with van der Waals surface area (Å²) in [5.74, 6) is 1.26.